The summed E-state index contributed by atoms with van der Waals surface area (Å²) in [6.45, 7) is 0. The van der Waals surface area contributed by atoms with Gasteiger partial charge in [-0.15, -0.1) is 0 Å². The first-order valence-electron chi connectivity index (χ1n) is 8.05. The summed E-state index contributed by atoms with van der Waals surface area (Å²) in [5.74, 6) is -0.819. The fraction of sp³-hybridized carbons (Fsp3) is 0.0526. The van der Waals surface area contributed by atoms with Crippen LogP contribution in [0, 0.1) is 0 Å². The first-order chi connectivity index (χ1) is 13.4. The number of benzene rings is 1. The Morgan fingerprint density at radius 3 is 2.71 bits per heavy atom. The average molecular weight is 460 g/mol. The minimum absolute atomic E-state index is 0.0167. The van der Waals surface area contributed by atoms with E-state index in [1.807, 2.05) is 0 Å². The lowest BCUT2D eigenvalue weighted by molar-refractivity contribution is 0.0600. The van der Waals surface area contributed by atoms with Gasteiger partial charge in [0.15, 0.2) is 5.65 Å². The highest BCUT2D eigenvalue weighted by atomic mass is 79.9. The van der Waals surface area contributed by atoms with E-state index in [1.165, 1.54) is 11.7 Å². The van der Waals surface area contributed by atoms with Crippen molar-refractivity contribution in [2.24, 2.45) is 0 Å². The number of esters is 1. The van der Waals surface area contributed by atoms with Crippen LogP contribution >= 0.6 is 27.5 Å². The fourth-order valence-corrected chi connectivity index (χ4v) is 3.64. The second-order valence-corrected chi connectivity index (χ2v) is 7.13. The smallest absolute Gasteiger partial charge is 0.345 e. The number of carbonyl (C=O) groups is 1. The second-order valence-electron chi connectivity index (χ2n) is 5.91. The summed E-state index contributed by atoms with van der Waals surface area (Å²) in [5, 5.41) is 2.27. The number of ether oxygens (including phenoxy) is 1. The molecule has 3 heterocycles. The van der Waals surface area contributed by atoms with Crippen molar-refractivity contribution in [2.75, 3.05) is 12.8 Å². The maximum atomic E-state index is 13.3. The van der Waals surface area contributed by atoms with Crippen molar-refractivity contribution in [1.82, 2.24) is 14.5 Å². The zero-order chi connectivity index (χ0) is 20.0. The summed E-state index contributed by atoms with van der Waals surface area (Å²) in [5.41, 5.74) is 6.05. The van der Waals surface area contributed by atoms with E-state index in [1.54, 1.807) is 42.7 Å². The third kappa shape index (κ3) is 2.73. The van der Waals surface area contributed by atoms with Gasteiger partial charge in [-0.25, -0.2) is 9.78 Å². The summed E-state index contributed by atoms with van der Waals surface area (Å²) < 4.78 is 6.62. The largest absolute Gasteiger partial charge is 0.465 e. The van der Waals surface area contributed by atoms with Gasteiger partial charge < -0.3 is 10.5 Å². The molecule has 0 aliphatic heterocycles. The number of hydrogen-bond acceptors (Lipinski definition) is 6. The number of aromatic nitrogens is 3. The van der Waals surface area contributed by atoms with E-state index in [0.29, 0.717) is 37.1 Å². The number of nitrogens with zero attached hydrogens (tertiary/aromatic N) is 3. The van der Waals surface area contributed by atoms with Crippen molar-refractivity contribution in [3.8, 4) is 5.69 Å². The standard InChI is InChI=1S/C19H12BrClN4O3/c1-28-19(27)15-16(22)10-2-5-14(20)24-17(10)25(18(15)26)13-4-3-12(21)11-8-23-7-6-9(11)13/h2-8H,22H2,1H3. The second kappa shape index (κ2) is 6.88. The van der Waals surface area contributed by atoms with Gasteiger partial charge >= 0.3 is 5.97 Å². The van der Waals surface area contributed by atoms with Crippen molar-refractivity contribution in [2.45, 2.75) is 0 Å². The van der Waals surface area contributed by atoms with Crippen molar-refractivity contribution < 1.29 is 9.53 Å². The molecule has 0 unspecified atom stereocenters. The van der Waals surface area contributed by atoms with E-state index in [4.69, 9.17) is 22.1 Å². The maximum Gasteiger partial charge on any atom is 0.345 e. The van der Waals surface area contributed by atoms with Gasteiger partial charge in [0.2, 0.25) is 0 Å². The SMILES string of the molecule is COC(=O)c1c(N)c2ccc(Br)nc2n(-c2ccc(Cl)c3cnccc23)c1=O. The van der Waals surface area contributed by atoms with Gasteiger partial charge in [-0.2, -0.15) is 0 Å². The highest BCUT2D eigenvalue weighted by molar-refractivity contribution is 9.10. The number of hydrogen-bond donors (Lipinski definition) is 1. The lowest BCUT2D eigenvalue weighted by Crippen LogP contribution is -2.28. The van der Waals surface area contributed by atoms with Crippen LogP contribution in [0.5, 0.6) is 0 Å². The van der Waals surface area contributed by atoms with Gasteiger partial charge in [0.05, 0.1) is 23.5 Å². The number of nitrogen functional groups attached to an aromatic ring is 1. The summed E-state index contributed by atoms with van der Waals surface area (Å²) in [4.78, 5) is 34.1. The van der Waals surface area contributed by atoms with Crippen LogP contribution in [0.15, 0.2) is 52.1 Å². The highest BCUT2D eigenvalue weighted by Crippen LogP contribution is 2.31. The molecule has 0 fully saturated rings. The molecule has 9 heteroatoms. The summed E-state index contributed by atoms with van der Waals surface area (Å²) in [6.07, 6.45) is 3.20. The van der Waals surface area contributed by atoms with Crippen molar-refractivity contribution in [3.05, 3.63) is 68.3 Å². The van der Waals surface area contributed by atoms with Crippen LogP contribution in [0.1, 0.15) is 10.4 Å². The molecule has 0 aliphatic rings. The Morgan fingerprint density at radius 1 is 1.18 bits per heavy atom. The molecule has 0 spiro atoms. The molecule has 4 aromatic rings. The fourth-order valence-electron chi connectivity index (χ4n) is 3.12. The molecular formula is C19H12BrClN4O3. The Kier molecular flexibility index (Phi) is 4.52. The van der Waals surface area contributed by atoms with Gasteiger partial charge in [0, 0.05) is 28.6 Å². The van der Waals surface area contributed by atoms with E-state index in [-0.39, 0.29) is 11.3 Å². The van der Waals surface area contributed by atoms with Crippen LogP contribution in [0.25, 0.3) is 27.5 Å². The molecule has 2 N–H and O–H groups in total. The quantitative estimate of drug-likeness (QED) is 0.362. The predicted molar refractivity (Wildman–Crippen MR) is 111 cm³/mol. The zero-order valence-electron chi connectivity index (χ0n) is 14.4. The topological polar surface area (TPSA) is 100 Å². The molecule has 28 heavy (non-hydrogen) atoms. The lowest BCUT2D eigenvalue weighted by Gasteiger charge is -2.16. The molecule has 0 bridgehead atoms. The van der Waals surface area contributed by atoms with Crippen LogP contribution in [-0.4, -0.2) is 27.6 Å². The number of carbonyl (C=O) groups excluding carboxylic acids is 1. The van der Waals surface area contributed by atoms with E-state index < -0.39 is 11.5 Å². The van der Waals surface area contributed by atoms with Crippen LogP contribution in [0.4, 0.5) is 5.69 Å². The Morgan fingerprint density at radius 2 is 1.96 bits per heavy atom. The first-order valence-corrected chi connectivity index (χ1v) is 9.22. The summed E-state index contributed by atoms with van der Waals surface area (Å²) in [6, 6.07) is 8.44. The Labute approximate surface area is 171 Å². The molecule has 1 aromatic carbocycles. The number of nitrogens with two attached hydrogens (primary N) is 1. The lowest BCUT2D eigenvalue weighted by atomic mass is 10.1. The van der Waals surface area contributed by atoms with E-state index >= 15 is 0 Å². The molecule has 0 radical (unpaired) electrons. The minimum Gasteiger partial charge on any atom is -0.465 e. The average Bonchev–Trinajstić information content (AvgIpc) is 2.69. The van der Waals surface area contributed by atoms with Crippen LogP contribution in [-0.2, 0) is 4.74 Å². The van der Waals surface area contributed by atoms with Gasteiger partial charge in [-0.05, 0) is 46.3 Å². The Hall–Kier alpha value is -2.97. The molecule has 0 atom stereocenters. The van der Waals surface area contributed by atoms with Crippen LogP contribution < -0.4 is 11.3 Å². The molecule has 0 aliphatic carbocycles. The molecule has 7 nitrogen and oxygen atoms in total. The third-order valence-corrected chi connectivity index (χ3v) is 5.17. The van der Waals surface area contributed by atoms with Crippen LogP contribution in [0.3, 0.4) is 0 Å². The number of rotatable bonds is 2. The molecule has 4 rings (SSSR count). The van der Waals surface area contributed by atoms with E-state index in [2.05, 4.69) is 25.9 Å². The molecule has 0 saturated carbocycles. The maximum absolute atomic E-state index is 13.3. The van der Waals surface area contributed by atoms with Crippen LogP contribution in [0.2, 0.25) is 5.02 Å². The third-order valence-electron chi connectivity index (χ3n) is 4.40. The molecular weight excluding hydrogens is 448 g/mol. The zero-order valence-corrected chi connectivity index (χ0v) is 16.8. The Bertz CT molecular complexity index is 1340. The van der Waals surface area contributed by atoms with Gasteiger partial charge in [0.25, 0.3) is 5.56 Å². The Balaban J connectivity index is 2.25. The number of methoxy groups -OCH3 is 1. The number of halogens is 2. The van der Waals surface area contributed by atoms with Gasteiger partial charge in [-0.3, -0.25) is 14.3 Å². The van der Waals surface area contributed by atoms with Crippen molar-refractivity contribution in [3.63, 3.8) is 0 Å². The van der Waals surface area contributed by atoms with E-state index in [0.717, 1.165) is 0 Å². The number of anilines is 1. The highest BCUT2D eigenvalue weighted by Gasteiger charge is 2.24. The normalized spacial score (nSPS) is 11.1. The first kappa shape index (κ1) is 18.4. The monoisotopic (exact) mass is 458 g/mol. The molecule has 140 valence electrons. The number of fused-ring (bicyclic) bond motifs is 2. The summed E-state index contributed by atoms with van der Waals surface area (Å²) >= 11 is 9.61. The van der Waals surface area contributed by atoms with Gasteiger partial charge in [-0.1, -0.05) is 11.6 Å². The van der Waals surface area contributed by atoms with Crippen molar-refractivity contribution in [1.29, 1.82) is 0 Å². The van der Waals surface area contributed by atoms with E-state index in [9.17, 15) is 9.59 Å². The molecule has 3 aromatic heterocycles. The van der Waals surface area contributed by atoms with Gasteiger partial charge in [0.1, 0.15) is 10.2 Å². The molecule has 0 amide bonds. The predicted octanol–water partition coefficient (Wildman–Crippen LogP) is 3.72. The summed E-state index contributed by atoms with van der Waals surface area (Å²) in [7, 11) is 1.19. The minimum atomic E-state index is -0.819. The number of pyridine rings is 3. The van der Waals surface area contributed by atoms with Crippen molar-refractivity contribution >= 4 is 61.0 Å². The molecule has 0 saturated heterocycles.